The number of hydrogen-bond acceptors (Lipinski definition) is 5. The molecule has 1 aromatic carbocycles. The lowest BCUT2D eigenvalue weighted by atomic mass is 10.2. The zero-order valence-corrected chi connectivity index (χ0v) is 16.2. The molecule has 1 saturated carbocycles. The van der Waals surface area contributed by atoms with Crippen LogP contribution in [0.2, 0.25) is 0 Å². The SMILES string of the molecule is CCOc1ccc(S(=O)(=O)N2CCN([C@@H](C)C(=O)NC3CC3)CC2)cc1. The minimum atomic E-state index is -3.52. The smallest absolute Gasteiger partial charge is 0.243 e. The third kappa shape index (κ3) is 4.36. The Bertz CT molecular complexity index is 723. The molecule has 0 aromatic heterocycles. The number of nitrogens with one attached hydrogen (secondary N) is 1. The van der Waals surface area contributed by atoms with Crippen LogP contribution in [0.25, 0.3) is 0 Å². The third-order valence-electron chi connectivity index (χ3n) is 4.90. The zero-order valence-electron chi connectivity index (χ0n) is 15.3. The van der Waals surface area contributed by atoms with Crippen molar-refractivity contribution in [3.63, 3.8) is 0 Å². The summed E-state index contributed by atoms with van der Waals surface area (Å²) >= 11 is 0. The van der Waals surface area contributed by atoms with Crippen molar-refractivity contribution >= 4 is 15.9 Å². The average Bonchev–Trinajstić information content (AvgIpc) is 3.46. The van der Waals surface area contributed by atoms with Gasteiger partial charge in [-0.25, -0.2) is 8.42 Å². The van der Waals surface area contributed by atoms with Crippen molar-refractivity contribution in [1.82, 2.24) is 14.5 Å². The fourth-order valence-electron chi connectivity index (χ4n) is 3.07. The highest BCUT2D eigenvalue weighted by Gasteiger charge is 2.33. The molecule has 144 valence electrons. The summed E-state index contributed by atoms with van der Waals surface area (Å²) in [6, 6.07) is 6.63. The molecule has 2 aliphatic rings. The van der Waals surface area contributed by atoms with E-state index in [0.717, 1.165) is 12.8 Å². The fourth-order valence-corrected chi connectivity index (χ4v) is 4.49. The Morgan fingerprint density at radius 1 is 1.19 bits per heavy atom. The van der Waals surface area contributed by atoms with Crippen molar-refractivity contribution in [1.29, 1.82) is 0 Å². The van der Waals surface area contributed by atoms with Crippen LogP contribution in [0.1, 0.15) is 26.7 Å². The van der Waals surface area contributed by atoms with Crippen molar-refractivity contribution in [3.05, 3.63) is 24.3 Å². The van der Waals surface area contributed by atoms with Gasteiger partial charge in [0.15, 0.2) is 0 Å². The molecular weight excluding hydrogens is 354 g/mol. The first-order valence-electron chi connectivity index (χ1n) is 9.19. The predicted molar refractivity (Wildman–Crippen MR) is 98.6 cm³/mol. The Morgan fingerprint density at radius 3 is 2.35 bits per heavy atom. The number of hydrogen-bond donors (Lipinski definition) is 1. The third-order valence-corrected chi connectivity index (χ3v) is 6.81. The Hall–Kier alpha value is -1.64. The highest BCUT2D eigenvalue weighted by molar-refractivity contribution is 7.89. The molecule has 1 aromatic rings. The Labute approximate surface area is 155 Å². The van der Waals surface area contributed by atoms with Crippen molar-refractivity contribution in [3.8, 4) is 5.75 Å². The number of carbonyl (C=O) groups is 1. The quantitative estimate of drug-likeness (QED) is 0.764. The number of nitrogens with zero attached hydrogens (tertiary/aromatic N) is 2. The van der Waals surface area contributed by atoms with Gasteiger partial charge in [-0.05, 0) is 51.0 Å². The Morgan fingerprint density at radius 2 is 1.81 bits per heavy atom. The van der Waals surface area contributed by atoms with Crippen LogP contribution >= 0.6 is 0 Å². The number of amides is 1. The van der Waals surface area contributed by atoms with Crippen LogP contribution in [0.5, 0.6) is 5.75 Å². The van der Waals surface area contributed by atoms with Gasteiger partial charge in [-0.3, -0.25) is 9.69 Å². The van der Waals surface area contributed by atoms with Gasteiger partial charge >= 0.3 is 0 Å². The molecule has 1 aliphatic carbocycles. The summed E-state index contributed by atoms with van der Waals surface area (Å²) in [5.74, 6) is 0.696. The summed E-state index contributed by atoms with van der Waals surface area (Å²) < 4.78 is 32.5. The van der Waals surface area contributed by atoms with E-state index in [4.69, 9.17) is 4.74 Å². The largest absolute Gasteiger partial charge is 0.494 e. The number of carbonyl (C=O) groups excluding carboxylic acids is 1. The zero-order chi connectivity index (χ0) is 18.7. The molecule has 3 rings (SSSR count). The van der Waals surface area contributed by atoms with Gasteiger partial charge in [0.25, 0.3) is 0 Å². The summed E-state index contributed by atoms with van der Waals surface area (Å²) in [5.41, 5.74) is 0. The van der Waals surface area contributed by atoms with E-state index in [2.05, 4.69) is 5.32 Å². The topological polar surface area (TPSA) is 79.0 Å². The molecule has 0 unspecified atom stereocenters. The summed E-state index contributed by atoms with van der Waals surface area (Å²) in [6.45, 7) is 6.18. The molecule has 0 spiro atoms. The van der Waals surface area contributed by atoms with Crippen molar-refractivity contribution in [2.45, 2.75) is 43.7 Å². The number of sulfonamides is 1. The lowest BCUT2D eigenvalue weighted by Crippen LogP contribution is -2.55. The van der Waals surface area contributed by atoms with Crippen molar-refractivity contribution in [2.75, 3.05) is 32.8 Å². The van der Waals surface area contributed by atoms with Gasteiger partial charge in [0.05, 0.1) is 17.5 Å². The molecule has 0 radical (unpaired) electrons. The lowest BCUT2D eigenvalue weighted by Gasteiger charge is -2.36. The van der Waals surface area contributed by atoms with Crippen LogP contribution in [-0.4, -0.2) is 68.4 Å². The van der Waals surface area contributed by atoms with E-state index in [0.29, 0.717) is 44.6 Å². The van der Waals surface area contributed by atoms with Crippen LogP contribution in [0, 0.1) is 0 Å². The van der Waals surface area contributed by atoms with E-state index in [9.17, 15) is 13.2 Å². The van der Waals surface area contributed by atoms with Crippen molar-refractivity contribution < 1.29 is 17.9 Å². The van der Waals surface area contributed by atoms with E-state index >= 15 is 0 Å². The maximum Gasteiger partial charge on any atom is 0.243 e. The van der Waals surface area contributed by atoms with Crippen LogP contribution in [0.4, 0.5) is 0 Å². The van der Waals surface area contributed by atoms with E-state index < -0.39 is 10.0 Å². The highest BCUT2D eigenvalue weighted by atomic mass is 32.2. The summed E-state index contributed by atoms with van der Waals surface area (Å²) in [6.07, 6.45) is 2.12. The molecule has 2 fully saturated rings. The first-order valence-corrected chi connectivity index (χ1v) is 10.6. The summed E-state index contributed by atoms with van der Waals surface area (Å²) in [5, 5.41) is 3.01. The van der Waals surface area contributed by atoms with Gasteiger partial charge in [0.2, 0.25) is 15.9 Å². The predicted octanol–water partition coefficient (Wildman–Crippen LogP) is 1.06. The van der Waals surface area contributed by atoms with Gasteiger partial charge in [-0.1, -0.05) is 0 Å². The average molecular weight is 381 g/mol. The number of benzene rings is 1. The molecule has 1 heterocycles. The molecular formula is C18H27N3O4S. The van der Waals surface area contributed by atoms with Crippen LogP contribution in [0.3, 0.4) is 0 Å². The number of ether oxygens (including phenoxy) is 1. The molecule has 8 heteroatoms. The van der Waals surface area contributed by atoms with E-state index in [1.54, 1.807) is 24.3 Å². The minimum Gasteiger partial charge on any atom is -0.494 e. The minimum absolute atomic E-state index is 0.0373. The lowest BCUT2D eigenvalue weighted by molar-refractivity contribution is -0.126. The normalized spacial score (nSPS) is 20.5. The van der Waals surface area contributed by atoms with Gasteiger partial charge in [0.1, 0.15) is 5.75 Å². The monoisotopic (exact) mass is 381 g/mol. The van der Waals surface area contributed by atoms with E-state index in [-0.39, 0.29) is 16.8 Å². The second-order valence-corrected chi connectivity index (χ2v) is 8.74. The number of piperazine rings is 1. The van der Waals surface area contributed by atoms with Gasteiger partial charge < -0.3 is 10.1 Å². The first kappa shape index (κ1) is 19.1. The maximum atomic E-state index is 12.8. The van der Waals surface area contributed by atoms with Crippen LogP contribution < -0.4 is 10.1 Å². The molecule has 1 saturated heterocycles. The molecule has 1 aliphatic heterocycles. The molecule has 1 N–H and O–H groups in total. The van der Waals surface area contributed by atoms with Crippen molar-refractivity contribution in [2.24, 2.45) is 0 Å². The van der Waals surface area contributed by atoms with Gasteiger partial charge in [0, 0.05) is 32.2 Å². The summed E-state index contributed by atoms with van der Waals surface area (Å²) in [7, 11) is -3.52. The second-order valence-electron chi connectivity index (χ2n) is 6.80. The number of rotatable bonds is 7. The highest BCUT2D eigenvalue weighted by Crippen LogP contribution is 2.22. The fraction of sp³-hybridized carbons (Fsp3) is 0.611. The van der Waals surface area contributed by atoms with Gasteiger partial charge in [-0.15, -0.1) is 0 Å². The van der Waals surface area contributed by atoms with Gasteiger partial charge in [-0.2, -0.15) is 4.31 Å². The van der Waals surface area contributed by atoms with E-state index in [1.165, 1.54) is 4.31 Å². The van der Waals surface area contributed by atoms with Crippen LogP contribution in [-0.2, 0) is 14.8 Å². The molecule has 0 bridgehead atoms. The first-order chi connectivity index (χ1) is 12.4. The molecule has 7 nitrogen and oxygen atoms in total. The second kappa shape index (κ2) is 7.94. The maximum absolute atomic E-state index is 12.8. The summed E-state index contributed by atoms with van der Waals surface area (Å²) in [4.78, 5) is 14.5. The molecule has 26 heavy (non-hydrogen) atoms. The Balaban J connectivity index is 1.58. The van der Waals surface area contributed by atoms with E-state index in [1.807, 2.05) is 18.7 Å². The van der Waals surface area contributed by atoms with Crippen LogP contribution in [0.15, 0.2) is 29.2 Å². The standard InChI is InChI=1S/C18H27N3O4S/c1-3-25-16-6-8-17(9-7-16)26(23,24)21-12-10-20(11-13-21)14(2)18(22)19-15-4-5-15/h6-9,14-15H,3-5,10-13H2,1-2H3,(H,19,22)/t14-/m0/s1. The molecule has 1 amide bonds. The molecule has 1 atom stereocenters. The Kier molecular flexibility index (Phi) is 5.84.